The Balaban J connectivity index is 1.56. The molecule has 1 saturated carbocycles. The molecule has 8 nitrogen and oxygen atoms in total. The second-order valence-corrected chi connectivity index (χ2v) is 12.9. The van der Waals surface area contributed by atoms with Gasteiger partial charge in [0.15, 0.2) is 0 Å². The molecule has 1 saturated heterocycles. The molecule has 1 aliphatic heterocycles. The normalized spacial score (nSPS) is 20.4. The Labute approximate surface area is 196 Å². The number of anilines is 2. The van der Waals surface area contributed by atoms with Crippen LogP contribution in [0.5, 0.6) is 0 Å². The van der Waals surface area contributed by atoms with E-state index < -0.39 is 20.0 Å². The number of benzene rings is 2. The predicted molar refractivity (Wildman–Crippen MR) is 129 cm³/mol. The first-order chi connectivity index (χ1) is 15.5. The molecule has 10 heteroatoms. The molecular formula is C23H31N3O5S2. The summed E-state index contributed by atoms with van der Waals surface area (Å²) in [5.74, 6) is 0. The van der Waals surface area contributed by atoms with Gasteiger partial charge in [0.25, 0.3) is 10.0 Å². The fraction of sp³-hybridized carbons (Fsp3) is 0.478. The summed E-state index contributed by atoms with van der Waals surface area (Å²) in [6, 6.07) is 12.8. The zero-order valence-electron chi connectivity index (χ0n) is 19.2. The standard InChI is InChI=1S/C23H31N3O5S2/c1-25(2)33(29,30)20-11-9-19(10-12-20)32(27,28)24-21-7-4-5-8-22(21)26(3)18-13-16-31-23(17-18)14-6-15-23/h4-5,7-12,18,24H,6,13-17H2,1-3H3. The first kappa shape index (κ1) is 24.0. The average Bonchev–Trinajstić information content (AvgIpc) is 2.78. The Bertz CT molecular complexity index is 1210. The molecule has 2 aliphatic rings. The zero-order valence-corrected chi connectivity index (χ0v) is 20.8. The number of nitrogens with zero attached hydrogens (tertiary/aromatic N) is 2. The van der Waals surface area contributed by atoms with Gasteiger partial charge in [-0.3, -0.25) is 4.72 Å². The highest BCUT2D eigenvalue weighted by atomic mass is 32.2. The fourth-order valence-electron chi connectivity index (χ4n) is 4.52. The highest BCUT2D eigenvalue weighted by molar-refractivity contribution is 7.92. The molecule has 0 aromatic heterocycles. The van der Waals surface area contributed by atoms with Crippen molar-refractivity contribution in [3.63, 3.8) is 0 Å². The van der Waals surface area contributed by atoms with Gasteiger partial charge in [0.2, 0.25) is 10.0 Å². The minimum atomic E-state index is -3.91. The molecule has 0 radical (unpaired) electrons. The van der Waals surface area contributed by atoms with E-state index >= 15 is 0 Å². The van der Waals surface area contributed by atoms with E-state index in [9.17, 15) is 16.8 Å². The molecule has 1 N–H and O–H groups in total. The number of para-hydroxylation sites is 2. The number of hydrogen-bond donors (Lipinski definition) is 1. The average molecular weight is 494 g/mol. The third-order valence-corrected chi connectivity index (χ3v) is 9.93. The largest absolute Gasteiger partial charge is 0.375 e. The van der Waals surface area contributed by atoms with Crippen molar-refractivity contribution < 1.29 is 21.6 Å². The van der Waals surface area contributed by atoms with Gasteiger partial charge in [0, 0.05) is 33.8 Å². The summed E-state index contributed by atoms with van der Waals surface area (Å²) >= 11 is 0. The van der Waals surface area contributed by atoms with E-state index in [2.05, 4.69) is 9.62 Å². The van der Waals surface area contributed by atoms with E-state index in [1.165, 1.54) is 44.8 Å². The smallest absolute Gasteiger partial charge is 0.261 e. The molecule has 1 unspecified atom stereocenters. The summed E-state index contributed by atoms with van der Waals surface area (Å²) in [4.78, 5) is 2.18. The van der Waals surface area contributed by atoms with E-state index in [0.29, 0.717) is 12.3 Å². The van der Waals surface area contributed by atoms with Crippen LogP contribution < -0.4 is 9.62 Å². The maximum atomic E-state index is 13.1. The van der Waals surface area contributed by atoms with Gasteiger partial charge in [-0.05, 0) is 68.5 Å². The van der Waals surface area contributed by atoms with Crippen molar-refractivity contribution in [2.45, 2.75) is 53.5 Å². The van der Waals surface area contributed by atoms with Crippen LogP contribution in [0.3, 0.4) is 0 Å². The predicted octanol–water partition coefficient (Wildman–Crippen LogP) is 3.28. The lowest BCUT2D eigenvalue weighted by Gasteiger charge is -2.49. The van der Waals surface area contributed by atoms with Crippen molar-refractivity contribution >= 4 is 31.4 Å². The van der Waals surface area contributed by atoms with Crippen LogP contribution in [0.4, 0.5) is 11.4 Å². The van der Waals surface area contributed by atoms with E-state index in [1.54, 1.807) is 12.1 Å². The van der Waals surface area contributed by atoms with E-state index in [-0.39, 0.29) is 21.4 Å². The monoisotopic (exact) mass is 493 g/mol. The Morgan fingerprint density at radius 1 is 0.939 bits per heavy atom. The third-order valence-electron chi connectivity index (χ3n) is 6.72. The molecule has 0 bridgehead atoms. The van der Waals surface area contributed by atoms with E-state index in [4.69, 9.17) is 4.74 Å². The summed E-state index contributed by atoms with van der Waals surface area (Å²) < 4.78 is 60.6. The quantitative estimate of drug-likeness (QED) is 0.636. The molecule has 1 spiro atoms. The van der Waals surface area contributed by atoms with Crippen molar-refractivity contribution in [3.05, 3.63) is 48.5 Å². The van der Waals surface area contributed by atoms with Gasteiger partial charge in [-0.15, -0.1) is 0 Å². The van der Waals surface area contributed by atoms with Crippen LogP contribution in [0.1, 0.15) is 32.1 Å². The van der Waals surface area contributed by atoms with Gasteiger partial charge >= 0.3 is 0 Å². The molecule has 1 atom stereocenters. The number of nitrogens with one attached hydrogen (secondary N) is 1. The van der Waals surface area contributed by atoms with Crippen LogP contribution in [-0.4, -0.2) is 60.5 Å². The summed E-state index contributed by atoms with van der Waals surface area (Å²) in [5, 5.41) is 0. The fourth-order valence-corrected chi connectivity index (χ4v) is 6.50. The topological polar surface area (TPSA) is 96.0 Å². The number of hydrogen-bond acceptors (Lipinski definition) is 6. The minimum absolute atomic E-state index is 0.00264. The van der Waals surface area contributed by atoms with Crippen molar-refractivity contribution in [1.29, 1.82) is 0 Å². The maximum absolute atomic E-state index is 13.1. The first-order valence-corrected chi connectivity index (χ1v) is 14.0. The lowest BCUT2D eigenvalue weighted by molar-refractivity contribution is -0.132. The molecule has 180 valence electrons. The Hall–Kier alpha value is -2.14. The van der Waals surface area contributed by atoms with E-state index in [1.807, 2.05) is 19.2 Å². The molecule has 4 rings (SSSR count). The van der Waals surface area contributed by atoms with Crippen LogP contribution >= 0.6 is 0 Å². The van der Waals surface area contributed by atoms with Crippen LogP contribution in [0.2, 0.25) is 0 Å². The molecule has 0 amide bonds. The molecular weight excluding hydrogens is 462 g/mol. The van der Waals surface area contributed by atoms with Crippen molar-refractivity contribution in [1.82, 2.24) is 4.31 Å². The minimum Gasteiger partial charge on any atom is -0.375 e. The lowest BCUT2D eigenvalue weighted by atomic mass is 9.73. The van der Waals surface area contributed by atoms with Gasteiger partial charge in [-0.2, -0.15) is 0 Å². The van der Waals surface area contributed by atoms with Gasteiger partial charge in [-0.1, -0.05) is 12.1 Å². The molecule has 1 heterocycles. The lowest BCUT2D eigenvalue weighted by Crippen LogP contribution is -2.51. The van der Waals surface area contributed by atoms with Crippen molar-refractivity contribution in [2.75, 3.05) is 37.4 Å². The molecule has 2 aromatic carbocycles. The summed E-state index contributed by atoms with van der Waals surface area (Å²) in [5.41, 5.74) is 1.27. The van der Waals surface area contributed by atoms with Crippen LogP contribution in [0.15, 0.2) is 58.3 Å². The van der Waals surface area contributed by atoms with Crippen LogP contribution in [0.25, 0.3) is 0 Å². The SMILES string of the molecule is CN(c1ccccc1NS(=O)(=O)c1ccc(S(=O)(=O)N(C)C)cc1)C1CCOC2(CCC2)C1. The molecule has 33 heavy (non-hydrogen) atoms. The third kappa shape index (κ3) is 4.75. The van der Waals surface area contributed by atoms with Gasteiger partial charge in [0.1, 0.15) is 0 Å². The van der Waals surface area contributed by atoms with Crippen molar-refractivity contribution in [2.24, 2.45) is 0 Å². The highest BCUT2D eigenvalue weighted by Gasteiger charge is 2.43. The Morgan fingerprint density at radius 2 is 1.58 bits per heavy atom. The zero-order chi connectivity index (χ0) is 23.9. The highest BCUT2D eigenvalue weighted by Crippen LogP contribution is 2.44. The van der Waals surface area contributed by atoms with Gasteiger partial charge < -0.3 is 9.64 Å². The number of ether oxygens (including phenoxy) is 1. The summed E-state index contributed by atoms with van der Waals surface area (Å²) in [7, 11) is -2.69. The molecule has 2 fully saturated rings. The Kier molecular flexibility index (Phi) is 6.47. The summed E-state index contributed by atoms with van der Waals surface area (Å²) in [6.07, 6.45) is 5.20. The van der Waals surface area contributed by atoms with E-state index in [0.717, 1.165) is 35.7 Å². The second kappa shape index (κ2) is 8.90. The number of sulfonamides is 2. The second-order valence-electron chi connectivity index (χ2n) is 9.02. The first-order valence-electron chi connectivity index (χ1n) is 11.1. The van der Waals surface area contributed by atoms with Crippen LogP contribution in [0, 0.1) is 0 Å². The summed E-state index contributed by atoms with van der Waals surface area (Å²) in [6.45, 7) is 0.713. The van der Waals surface area contributed by atoms with Crippen molar-refractivity contribution in [3.8, 4) is 0 Å². The molecule has 1 aliphatic carbocycles. The Morgan fingerprint density at radius 3 is 2.18 bits per heavy atom. The molecule has 2 aromatic rings. The van der Waals surface area contributed by atoms with Crippen LogP contribution in [-0.2, 0) is 24.8 Å². The maximum Gasteiger partial charge on any atom is 0.261 e. The van der Waals surface area contributed by atoms with Gasteiger partial charge in [0.05, 0.1) is 26.8 Å². The number of rotatable bonds is 7. The van der Waals surface area contributed by atoms with Gasteiger partial charge in [-0.25, -0.2) is 21.1 Å².